The zero-order valence-electron chi connectivity index (χ0n) is 16.6. The Morgan fingerprint density at radius 3 is 2.57 bits per heavy atom. The van der Waals surface area contributed by atoms with Crippen LogP contribution in [0.5, 0.6) is 0 Å². The molecule has 2 fully saturated rings. The van der Waals surface area contributed by atoms with Crippen molar-refractivity contribution >= 4 is 29.5 Å². The van der Waals surface area contributed by atoms with Gasteiger partial charge in [0.15, 0.2) is 6.61 Å². The number of hydrogen-bond acceptors (Lipinski definition) is 6. The molecule has 158 valence electrons. The maximum absolute atomic E-state index is 12.7. The fraction of sp³-hybridized carbons (Fsp3) is 0.476. The number of carbonyl (C=O) groups is 4. The van der Waals surface area contributed by atoms with Crippen molar-refractivity contribution in [1.82, 2.24) is 15.2 Å². The number of benzene rings is 1. The molecule has 0 bridgehead atoms. The minimum absolute atomic E-state index is 0.382. The third kappa shape index (κ3) is 3.92. The van der Waals surface area contributed by atoms with Gasteiger partial charge in [-0.1, -0.05) is 49.6 Å². The molecule has 1 aliphatic carbocycles. The fourth-order valence-corrected chi connectivity index (χ4v) is 4.18. The summed E-state index contributed by atoms with van der Waals surface area (Å²) in [7, 11) is 0. The molecule has 1 saturated carbocycles. The van der Waals surface area contributed by atoms with E-state index in [0.29, 0.717) is 25.8 Å². The summed E-state index contributed by atoms with van der Waals surface area (Å²) in [6.07, 6.45) is 4.53. The highest BCUT2D eigenvalue weighted by atomic mass is 16.5. The predicted octanol–water partition coefficient (Wildman–Crippen LogP) is 1.42. The minimum Gasteiger partial charge on any atom is -0.454 e. The van der Waals surface area contributed by atoms with Crippen molar-refractivity contribution in [3.05, 3.63) is 35.9 Å². The Balaban J connectivity index is 1.29. The molecule has 3 aliphatic rings. The molecule has 1 aromatic rings. The highest BCUT2D eigenvalue weighted by Gasteiger charge is 2.51. The van der Waals surface area contributed by atoms with Gasteiger partial charge in [-0.15, -0.1) is 0 Å². The number of esters is 1. The number of urea groups is 1. The second-order valence-electron chi connectivity index (χ2n) is 7.80. The first-order chi connectivity index (χ1) is 14.5. The zero-order chi connectivity index (χ0) is 21.1. The van der Waals surface area contributed by atoms with Crippen LogP contribution in [-0.4, -0.2) is 64.7 Å². The van der Waals surface area contributed by atoms with Crippen LogP contribution < -0.4 is 5.32 Å². The highest BCUT2D eigenvalue weighted by molar-refractivity contribution is 6.08. The largest absolute Gasteiger partial charge is 0.454 e. The molecule has 1 spiro atoms. The van der Waals surface area contributed by atoms with Crippen molar-refractivity contribution in [2.45, 2.75) is 44.1 Å². The number of ether oxygens (including phenoxy) is 1. The Morgan fingerprint density at radius 2 is 1.83 bits per heavy atom. The van der Waals surface area contributed by atoms with E-state index in [4.69, 9.17) is 4.74 Å². The SMILES string of the molecule is O=C(CN1C(=O)NC2(CCCCC2)C1=O)OCC(=O)N1CCC(c2ccccc2)=N1. The molecule has 0 atom stereocenters. The number of carbonyl (C=O) groups excluding carboxylic acids is 4. The summed E-state index contributed by atoms with van der Waals surface area (Å²) in [4.78, 5) is 50.3. The van der Waals surface area contributed by atoms with Gasteiger partial charge in [-0.25, -0.2) is 9.80 Å². The molecule has 1 N–H and O–H groups in total. The molecule has 0 aromatic heterocycles. The van der Waals surface area contributed by atoms with Gasteiger partial charge in [0.1, 0.15) is 12.1 Å². The normalized spacial score (nSPS) is 20.3. The van der Waals surface area contributed by atoms with E-state index in [9.17, 15) is 19.2 Å². The number of nitrogens with zero attached hydrogens (tertiary/aromatic N) is 3. The predicted molar refractivity (Wildman–Crippen MR) is 106 cm³/mol. The van der Waals surface area contributed by atoms with Crippen molar-refractivity contribution in [3.63, 3.8) is 0 Å². The Bertz CT molecular complexity index is 892. The number of rotatable bonds is 5. The Kier molecular flexibility index (Phi) is 5.52. The van der Waals surface area contributed by atoms with Crippen LogP contribution in [0.4, 0.5) is 4.79 Å². The second kappa shape index (κ2) is 8.25. The molecule has 2 aliphatic heterocycles. The number of imide groups is 1. The van der Waals surface area contributed by atoms with Crippen molar-refractivity contribution in [1.29, 1.82) is 0 Å². The lowest BCUT2D eigenvalue weighted by Gasteiger charge is -2.30. The van der Waals surface area contributed by atoms with Gasteiger partial charge >= 0.3 is 12.0 Å². The third-order valence-corrected chi connectivity index (χ3v) is 5.79. The molecule has 4 amide bonds. The van der Waals surface area contributed by atoms with Crippen LogP contribution in [-0.2, 0) is 19.1 Å². The summed E-state index contributed by atoms with van der Waals surface area (Å²) in [5.41, 5.74) is 0.858. The topological polar surface area (TPSA) is 108 Å². The summed E-state index contributed by atoms with van der Waals surface area (Å²) in [5.74, 6) is -1.63. The van der Waals surface area contributed by atoms with Gasteiger partial charge in [-0.05, 0) is 18.4 Å². The molecule has 0 radical (unpaired) electrons. The monoisotopic (exact) mass is 412 g/mol. The Morgan fingerprint density at radius 1 is 1.10 bits per heavy atom. The highest BCUT2D eigenvalue weighted by Crippen LogP contribution is 2.33. The first-order valence-corrected chi connectivity index (χ1v) is 10.2. The number of amides is 4. The van der Waals surface area contributed by atoms with Crippen molar-refractivity contribution in [2.24, 2.45) is 5.10 Å². The van der Waals surface area contributed by atoms with Gasteiger partial charge in [-0.2, -0.15) is 5.10 Å². The molecule has 9 nitrogen and oxygen atoms in total. The molecular formula is C21H24N4O5. The molecule has 1 aromatic carbocycles. The fourth-order valence-electron chi connectivity index (χ4n) is 4.18. The zero-order valence-corrected chi connectivity index (χ0v) is 16.6. The lowest BCUT2D eigenvalue weighted by molar-refractivity contribution is -0.153. The summed E-state index contributed by atoms with van der Waals surface area (Å²) in [6, 6.07) is 8.97. The van der Waals surface area contributed by atoms with Gasteiger partial charge in [0.25, 0.3) is 11.8 Å². The van der Waals surface area contributed by atoms with Crippen LogP contribution in [0.2, 0.25) is 0 Å². The van der Waals surface area contributed by atoms with E-state index in [-0.39, 0.29) is 5.91 Å². The summed E-state index contributed by atoms with van der Waals surface area (Å²) in [6.45, 7) is -0.576. The van der Waals surface area contributed by atoms with Crippen LogP contribution in [0.3, 0.4) is 0 Å². The summed E-state index contributed by atoms with van der Waals surface area (Å²) >= 11 is 0. The maximum atomic E-state index is 12.7. The average Bonchev–Trinajstić information content (AvgIpc) is 3.34. The average molecular weight is 412 g/mol. The van der Waals surface area contributed by atoms with Gasteiger partial charge in [-0.3, -0.25) is 19.3 Å². The third-order valence-electron chi connectivity index (χ3n) is 5.79. The van der Waals surface area contributed by atoms with E-state index in [0.717, 1.165) is 35.4 Å². The van der Waals surface area contributed by atoms with Gasteiger partial charge in [0.05, 0.1) is 12.3 Å². The van der Waals surface area contributed by atoms with E-state index < -0.39 is 36.6 Å². The maximum Gasteiger partial charge on any atom is 0.326 e. The van der Waals surface area contributed by atoms with Crippen LogP contribution in [0, 0.1) is 0 Å². The van der Waals surface area contributed by atoms with Crippen LogP contribution >= 0.6 is 0 Å². The molecule has 4 rings (SSSR count). The van der Waals surface area contributed by atoms with Crippen LogP contribution in [0.15, 0.2) is 35.4 Å². The van der Waals surface area contributed by atoms with E-state index in [1.54, 1.807) is 0 Å². The number of hydrazone groups is 1. The number of hydrogen-bond donors (Lipinski definition) is 1. The first-order valence-electron chi connectivity index (χ1n) is 10.2. The second-order valence-corrected chi connectivity index (χ2v) is 7.80. The molecule has 0 unspecified atom stereocenters. The van der Waals surface area contributed by atoms with E-state index in [2.05, 4.69) is 10.4 Å². The molecule has 1 saturated heterocycles. The van der Waals surface area contributed by atoms with Crippen molar-refractivity contribution < 1.29 is 23.9 Å². The molecular weight excluding hydrogens is 388 g/mol. The van der Waals surface area contributed by atoms with Crippen molar-refractivity contribution in [3.8, 4) is 0 Å². The van der Waals surface area contributed by atoms with E-state index in [1.165, 1.54) is 5.01 Å². The summed E-state index contributed by atoms with van der Waals surface area (Å²) in [5, 5.41) is 8.32. The molecule has 2 heterocycles. The Hall–Kier alpha value is -3.23. The van der Waals surface area contributed by atoms with Crippen molar-refractivity contribution in [2.75, 3.05) is 19.7 Å². The smallest absolute Gasteiger partial charge is 0.326 e. The van der Waals surface area contributed by atoms with E-state index >= 15 is 0 Å². The van der Waals surface area contributed by atoms with Crippen LogP contribution in [0.25, 0.3) is 0 Å². The lowest BCUT2D eigenvalue weighted by atomic mass is 9.82. The minimum atomic E-state index is -0.885. The van der Waals surface area contributed by atoms with Crippen LogP contribution in [0.1, 0.15) is 44.1 Å². The lowest BCUT2D eigenvalue weighted by Crippen LogP contribution is -2.48. The van der Waals surface area contributed by atoms with Gasteiger partial charge in [0, 0.05) is 6.42 Å². The summed E-state index contributed by atoms with van der Waals surface area (Å²) < 4.78 is 5.02. The Labute approximate surface area is 174 Å². The first kappa shape index (κ1) is 20.1. The standard InChI is InChI=1S/C21H24N4O5/c26-17(25-12-9-16(23-25)15-7-3-1-4-8-15)14-30-18(27)13-24-19(28)21(22-20(24)29)10-5-2-6-11-21/h1,3-4,7-8H,2,5-6,9-14H2,(H,22,29). The van der Waals surface area contributed by atoms with Gasteiger partial charge < -0.3 is 10.1 Å². The molecule has 30 heavy (non-hydrogen) atoms. The quantitative estimate of drug-likeness (QED) is 0.581. The van der Waals surface area contributed by atoms with Gasteiger partial charge in [0.2, 0.25) is 0 Å². The number of nitrogens with one attached hydrogen (secondary N) is 1. The molecule has 9 heteroatoms. The van der Waals surface area contributed by atoms with E-state index in [1.807, 2.05) is 30.3 Å².